The van der Waals surface area contributed by atoms with Gasteiger partial charge in [0.15, 0.2) is 0 Å². The van der Waals surface area contributed by atoms with Gasteiger partial charge in [0.1, 0.15) is 6.04 Å². The fraction of sp³-hybridized carbons (Fsp3) is 0.462. The van der Waals surface area contributed by atoms with E-state index in [1.165, 1.54) is 25.2 Å². The number of nitrogens with one attached hydrogen (secondary N) is 1. The average molecular weight is 312 g/mol. The first-order valence-corrected chi connectivity index (χ1v) is 8.24. The van der Waals surface area contributed by atoms with Gasteiger partial charge in [-0.1, -0.05) is 0 Å². The van der Waals surface area contributed by atoms with Crippen LogP contribution < -0.4 is 21.1 Å². The van der Waals surface area contributed by atoms with E-state index in [0.717, 1.165) is 12.8 Å². The molecular weight excluding hydrogens is 292 g/mol. The minimum Gasteiger partial charge on any atom is -0.397 e. The molecule has 5 N–H and O–H groups in total. The Labute approximate surface area is 124 Å². The van der Waals surface area contributed by atoms with Gasteiger partial charge in [0.2, 0.25) is 15.9 Å². The maximum Gasteiger partial charge on any atom is 0.240 e. The Kier molecular flexibility index (Phi) is 4.38. The molecule has 0 aromatic heterocycles. The number of nitrogen functional groups attached to an aromatic ring is 1. The van der Waals surface area contributed by atoms with Gasteiger partial charge in [0, 0.05) is 6.54 Å². The second kappa shape index (κ2) is 5.90. The Morgan fingerprint density at radius 1 is 1.38 bits per heavy atom. The third kappa shape index (κ3) is 3.11. The maximum atomic E-state index is 11.9. The number of primary amides is 1. The second-order valence-electron chi connectivity index (χ2n) is 5.04. The van der Waals surface area contributed by atoms with E-state index in [1.807, 2.05) is 0 Å². The molecule has 0 aliphatic carbocycles. The molecule has 7 nitrogen and oxygen atoms in total. The first kappa shape index (κ1) is 15.6. The number of hydrogen-bond donors (Lipinski definition) is 3. The standard InChI is InChI=1S/C13H20N4O3S/c1-16-21(19,20)9-5-6-10(14)12(8-9)17-7-3-2-4-11(17)13(15)18/h5-6,8,11,16H,2-4,7,14H2,1H3,(H2,15,18). The van der Waals surface area contributed by atoms with Crippen LogP contribution in [0.15, 0.2) is 23.1 Å². The summed E-state index contributed by atoms with van der Waals surface area (Å²) in [4.78, 5) is 13.5. The van der Waals surface area contributed by atoms with Crippen LogP contribution in [0.25, 0.3) is 0 Å². The van der Waals surface area contributed by atoms with Gasteiger partial charge in [-0.2, -0.15) is 0 Å². The van der Waals surface area contributed by atoms with Crippen LogP contribution in [0, 0.1) is 0 Å². The molecule has 8 heteroatoms. The molecule has 0 bridgehead atoms. The lowest BCUT2D eigenvalue weighted by atomic mass is 10.0. The molecule has 21 heavy (non-hydrogen) atoms. The van der Waals surface area contributed by atoms with Crippen LogP contribution >= 0.6 is 0 Å². The molecule has 1 aromatic carbocycles. The van der Waals surface area contributed by atoms with Crippen LogP contribution in [-0.2, 0) is 14.8 Å². The molecule has 1 fully saturated rings. The summed E-state index contributed by atoms with van der Waals surface area (Å²) in [6.45, 7) is 0.626. The van der Waals surface area contributed by atoms with E-state index in [9.17, 15) is 13.2 Å². The molecular formula is C13H20N4O3S. The number of piperidine rings is 1. The van der Waals surface area contributed by atoms with Crippen molar-refractivity contribution in [2.75, 3.05) is 24.2 Å². The molecule has 116 valence electrons. The Morgan fingerprint density at radius 3 is 2.71 bits per heavy atom. The summed E-state index contributed by atoms with van der Waals surface area (Å²) in [5.74, 6) is -0.420. The maximum absolute atomic E-state index is 11.9. The van der Waals surface area contributed by atoms with Gasteiger partial charge < -0.3 is 16.4 Å². The fourth-order valence-corrected chi connectivity index (χ4v) is 3.32. The first-order valence-electron chi connectivity index (χ1n) is 6.76. The Bertz CT molecular complexity index is 645. The number of hydrogen-bond acceptors (Lipinski definition) is 5. The molecule has 1 atom stereocenters. The zero-order valence-corrected chi connectivity index (χ0v) is 12.7. The number of amides is 1. The summed E-state index contributed by atoms with van der Waals surface area (Å²) in [6, 6.07) is 4.01. The van der Waals surface area contributed by atoms with Crippen molar-refractivity contribution < 1.29 is 13.2 Å². The first-order chi connectivity index (χ1) is 9.86. The summed E-state index contributed by atoms with van der Waals surface area (Å²) in [5, 5.41) is 0. The molecule has 1 saturated heterocycles. The Hall–Kier alpha value is -1.80. The van der Waals surface area contributed by atoms with Gasteiger partial charge in [-0.05, 0) is 44.5 Å². The number of benzene rings is 1. The van der Waals surface area contributed by atoms with E-state index in [4.69, 9.17) is 11.5 Å². The molecule has 2 rings (SSSR count). The molecule has 1 aliphatic rings. The highest BCUT2D eigenvalue weighted by atomic mass is 32.2. The number of sulfonamides is 1. The van der Waals surface area contributed by atoms with Crippen molar-refractivity contribution in [3.05, 3.63) is 18.2 Å². The quantitative estimate of drug-likeness (QED) is 0.677. The number of carbonyl (C=O) groups is 1. The number of nitrogens with zero attached hydrogens (tertiary/aromatic N) is 1. The highest BCUT2D eigenvalue weighted by molar-refractivity contribution is 7.89. The summed E-state index contributed by atoms with van der Waals surface area (Å²) in [5.41, 5.74) is 12.4. The van der Waals surface area contributed by atoms with Crippen molar-refractivity contribution in [3.8, 4) is 0 Å². The summed E-state index contributed by atoms with van der Waals surface area (Å²) < 4.78 is 26.1. The van der Waals surface area contributed by atoms with Crippen molar-refractivity contribution in [1.82, 2.24) is 4.72 Å². The van der Waals surface area contributed by atoms with Gasteiger partial charge in [-0.3, -0.25) is 4.79 Å². The molecule has 1 unspecified atom stereocenters. The molecule has 1 heterocycles. The summed E-state index contributed by atoms with van der Waals surface area (Å²) in [7, 11) is -2.22. The van der Waals surface area contributed by atoms with E-state index in [1.54, 1.807) is 4.90 Å². The van der Waals surface area contributed by atoms with E-state index in [-0.39, 0.29) is 4.90 Å². The van der Waals surface area contributed by atoms with E-state index in [2.05, 4.69) is 4.72 Å². The van der Waals surface area contributed by atoms with Crippen LogP contribution in [0.3, 0.4) is 0 Å². The van der Waals surface area contributed by atoms with Gasteiger partial charge in [0.25, 0.3) is 0 Å². The predicted octanol–water partition coefficient (Wildman–Crippen LogP) is 0.0211. The van der Waals surface area contributed by atoms with Crippen LogP contribution in [0.1, 0.15) is 19.3 Å². The lowest BCUT2D eigenvalue weighted by Gasteiger charge is -2.36. The van der Waals surface area contributed by atoms with Gasteiger partial charge in [-0.25, -0.2) is 13.1 Å². The van der Waals surface area contributed by atoms with Gasteiger partial charge >= 0.3 is 0 Å². The highest BCUT2D eigenvalue weighted by Crippen LogP contribution is 2.31. The molecule has 0 spiro atoms. The third-order valence-electron chi connectivity index (χ3n) is 3.72. The number of carbonyl (C=O) groups excluding carboxylic acids is 1. The van der Waals surface area contributed by atoms with E-state index < -0.39 is 22.0 Å². The minimum absolute atomic E-state index is 0.114. The van der Waals surface area contributed by atoms with Crippen LogP contribution in [0.2, 0.25) is 0 Å². The zero-order chi connectivity index (χ0) is 15.6. The lowest BCUT2D eigenvalue weighted by Crippen LogP contribution is -2.48. The van der Waals surface area contributed by atoms with Gasteiger partial charge in [0.05, 0.1) is 16.3 Å². The van der Waals surface area contributed by atoms with Gasteiger partial charge in [-0.15, -0.1) is 0 Å². The zero-order valence-electron chi connectivity index (χ0n) is 11.9. The molecule has 1 amide bonds. The van der Waals surface area contributed by atoms with Crippen LogP contribution in [0.5, 0.6) is 0 Å². The van der Waals surface area contributed by atoms with Crippen molar-refractivity contribution in [2.45, 2.75) is 30.2 Å². The van der Waals surface area contributed by atoms with Crippen LogP contribution in [0.4, 0.5) is 11.4 Å². The van der Waals surface area contributed by atoms with E-state index in [0.29, 0.717) is 24.3 Å². The molecule has 1 aromatic rings. The highest BCUT2D eigenvalue weighted by Gasteiger charge is 2.29. The summed E-state index contributed by atoms with van der Waals surface area (Å²) >= 11 is 0. The second-order valence-corrected chi connectivity index (χ2v) is 6.92. The topological polar surface area (TPSA) is 119 Å². The number of anilines is 2. The molecule has 0 saturated carbocycles. The minimum atomic E-state index is -3.56. The monoisotopic (exact) mass is 312 g/mol. The summed E-state index contributed by atoms with van der Waals surface area (Å²) in [6.07, 6.45) is 2.47. The third-order valence-corrected chi connectivity index (χ3v) is 5.13. The van der Waals surface area contributed by atoms with Crippen molar-refractivity contribution in [1.29, 1.82) is 0 Å². The van der Waals surface area contributed by atoms with Crippen molar-refractivity contribution in [3.63, 3.8) is 0 Å². The average Bonchev–Trinajstić information content (AvgIpc) is 2.47. The Balaban J connectivity index is 2.47. The number of nitrogens with two attached hydrogens (primary N) is 2. The smallest absolute Gasteiger partial charge is 0.240 e. The predicted molar refractivity (Wildman–Crippen MR) is 81.3 cm³/mol. The Morgan fingerprint density at radius 2 is 2.10 bits per heavy atom. The van der Waals surface area contributed by atoms with Crippen molar-refractivity contribution in [2.24, 2.45) is 5.73 Å². The van der Waals surface area contributed by atoms with Crippen molar-refractivity contribution >= 4 is 27.3 Å². The normalized spacial score (nSPS) is 19.5. The lowest BCUT2D eigenvalue weighted by molar-refractivity contribution is -0.119. The molecule has 0 radical (unpaired) electrons. The van der Waals surface area contributed by atoms with Crippen LogP contribution in [-0.4, -0.2) is 34.0 Å². The molecule has 1 aliphatic heterocycles. The largest absolute Gasteiger partial charge is 0.397 e. The number of rotatable bonds is 4. The SMILES string of the molecule is CNS(=O)(=O)c1ccc(N)c(N2CCCCC2C(N)=O)c1. The van der Waals surface area contributed by atoms with E-state index >= 15 is 0 Å². The fourth-order valence-electron chi connectivity index (χ4n) is 2.57.